The van der Waals surface area contributed by atoms with Crippen molar-refractivity contribution < 1.29 is 0 Å². The maximum absolute atomic E-state index is 9.18. The molecule has 29 heavy (non-hydrogen) atoms. The minimum absolute atomic E-state index is 0.331. The second-order valence-corrected chi connectivity index (χ2v) is 7.16. The predicted molar refractivity (Wildman–Crippen MR) is 109 cm³/mol. The molecule has 0 bridgehead atoms. The van der Waals surface area contributed by atoms with Crippen molar-refractivity contribution in [1.82, 2.24) is 29.3 Å². The van der Waals surface area contributed by atoms with Crippen molar-refractivity contribution >= 4 is 28.2 Å². The van der Waals surface area contributed by atoms with Gasteiger partial charge in [-0.2, -0.15) is 10.4 Å². The molecule has 1 aliphatic rings. The van der Waals surface area contributed by atoms with Crippen LogP contribution in [0.25, 0.3) is 10.8 Å². The van der Waals surface area contributed by atoms with Crippen molar-refractivity contribution in [2.45, 2.75) is 32.4 Å². The number of nitrogen functional groups attached to an aromatic ring is 1. The number of aromatic nitrogens is 6. The zero-order chi connectivity index (χ0) is 20.0. The smallest absolute Gasteiger partial charge is 0.153 e. The molecule has 0 saturated heterocycles. The summed E-state index contributed by atoms with van der Waals surface area (Å²) in [6, 6.07) is 8.03. The third kappa shape index (κ3) is 3.04. The number of rotatable bonds is 3. The molecule has 3 N–H and O–H groups in total. The standard InChI is InChI=1S/C20H19N9/c1-12(9-21)16-6-13-7-17(24-10-15(13)20(22)25-16)26-18-8-14-2-4-28-5-3-23-19(28)11-29(14)27-18/h3,5-8,10,12H,2,4,11H2,1H3,(H2,22,25)(H,24,26,27)/t12-/m1/s1. The van der Waals surface area contributed by atoms with Crippen LogP contribution in [0.15, 0.2) is 36.8 Å². The summed E-state index contributed by atoms with van der Waals surface area (Å²) >= 11 is 0. The summed E-state index contributed by atoms with van der Waals surface area (Å²) in [5.74, 6) is 2.45. The molecule has 0 fully saturated rings. The summed E-state index contributed by atoms with van der Waals surface area (Å²) in [5.41, 5.74) is 7.86. The van der Waals surface area contributed by atoms with Gasteiger partial charge in [-0.1, -0.05) is 0 Å². The summed E-state index contributed by atoms with van der Waals surface area (Å²) in [7, 11) is 0. The van der Waals surface area contributed by atoms with Gasteiger partial charge in [0.25, 0.3) is 0 Å². The lowest BCUT2D eigenvalue weighted by molar-refractivity contribution is 0.641. The number of nitrogens with two attached hydrogens (primary N) is 1. The molecule has 0 aliphatic carbocycles. The van der Waals surface area contributed by atoms with E-state index >= 15 is 0 Å². The molecule has 9 heteroatoms. The number of imidazole rings is 1. The Labute approximate surface area is 166 Å². The van der Waals surface area contributed by atoms with Crippen molar-refractivity contribution in [2.24, 2.45) is 0 Å². The zero-order valence-electron chi connectivity index (χ0n) is 15.9. The summed E-state index contributed by atoms with van der Waals surface area (Å²) in [6.07, 6.45) is 6.41. The van der Waals surface area contributed by atoms with Gasteiger partial charge in [-0.3, -0.25) is 4.68 Å². The van der Waals surface area contributed by atoms with Gasteiger partial charge in [-0.25, -0.2) is 15.0 Å². The molecule has 9 nitrogen and oxygen atoms in total. The van der Waals surface area contributed by atoms with Crippen LogP contribution in [-0.2, 0) is 19.5 Å². The summed E-state index contributed by atoms with van der Waals surface area (Å²) < 4.78 is 4.13. The lowest BCUT2D eigenvalue weighted by Crippen LogP contribution is -2.06. The van der Waals surface area contributed by atoms with E-state index < -0.39 is 0 Å². The normalized spacial score (nSPS) is 13.9. The highest BCUT2D eigenvalue weighted by Gasteiger charge is 2.16. The largest absolute Gasteiger partial charge is 0.383 e. The maximum Gasteiger partial charge on any atom is 0.153 e. The Morgan fingerprint density at radius 1 is 1.24 bits per heavy atom. The van der Waals surface area contributed by atoms with Crippen LogP contribution >= 0.6 is 0 Å². The first-order valence-electron chi connectivity index (χ1n) is 9.40. The van der Waals surface area contributed by atoms with E-state index in [4.69, 9.17) is 5.73 Å². The molecule has 4 aromatic heterocycles. The van der Waals surface area contributed by atoms with Crippen LogP contribution in [0.2, 0.25) is 0 Å². The summed E-state index contributed by atoms with van der Waals surface area (Å²) in [6.45, 7) is 3.34. The first-order chi connectivity index (χ1) is 14.1. The molecule has 1 atom stereocenters. The molecule has 5 heterocycles. The molecule has 0 saturated carbocycles. The number of hydrogen-bond acceptors (Lipinski definition) is 7. The Morgan fingerprint density at radius 2 is 2.14 bits per heavy atom. The van der Waals surface area contributed by atoms with Gasteiger partial charge < -0.3 is 15.6 Å². The molecule has 0 amide bonds. The van der Waals surface area contributed by atoms with E-state index in [0.717, 1.165) is 41.1 Å². The molecule has 0 unspecified atom stereocenters. The molecule has 0 radical (unpaired) electrons. The van der Waals surface area contributed by atoms with Crippen LogP contribution in [0.5, 0.6) is 0 Å². The van der Waals surface area contributed by atoms with Crippen LogP contribution in [0.3, 0.4) is 0 Å². The molecule has 4 aromatic rings. The summed E-state index contributed by atoms with van der Waals surface area (Å²) in [5, 5.41) is 18.8. The van der Waals surface area contributed by atoms with Gasteiger partial charge in [0, 0.05) is 48.7 Å². The van der Waals surface area contributed by atoms with Gasteiger partial charge in [-0.15, -0.1) is 0 Å². The van der Waals surface area contributed by atoms with Gasteiger partial charge in [0.05, 0.1) is 24.2 Å². The van der Waals surface area contributed by atoms with Crippen LogP contribution < -0.4 is 11.1 Å². The predicted octanol–water partition coefficient (Wildman–Crippen LogP) is 2.58. The topological polar surface area (TPSA) is 123 Å². The van der Waals surface area contributed by atoms with Crippen LogP contribution in [0.1, 0.15) is 30.1 Å². The summed E-state index contributed by atoms with van der Waals surface area (Å²) in [4.78, 5) is 13.2. The molecule has 5 rings (SSSR count). The van der Waals surface area contributed by atoms with Crippen molar-refractivity contribution in [3.63, 3.8) is 0 Å². The Balaban J connectivity index is 1.45. The van der Waals surface area contributed by atoms with Crippen LogP contribution in [0.4, 0.5) is 17.5 Å². The number of aryl methyl sites for hydroxylation is 2. The molecular weight excluding hydrogens is 366 g/mol. The SMILES string of the molecule is C[C@H](C#N)c1cc2cc(Nc3cc4n(n3)Cc3nccn3CC4)ncc2c(N)n1. The van der Waals surface area contributed by atoms with Gasteiger partial charge in [-0.05, 0) is 24.4 Å². The van der Waals surface area contributed by atoms with E-state index in [0.29, 0.717) is 23.9 Å². The minimum Gasteiger partial charge on any atom is -0.383 e. The fourth-order valence-corrected chi connectivity index (χ4v) is 3.60. The number of fused-ring (bicyclic) bond motifs is 3. The van der Waals surface area contributed by atoms with Crippen LogP contribution in [0, 0.1) is 11.3 Å². The number of nitrogens with zero attached hydrogens (tertiary/aromatic N) is 7. The second kappa shape index (κ2) is 6.60. The fourth-order valence-electron chi connectivity index (χ4n) is 3.60. The number of anilines is 3. The number of hydrogen-bond donors (Lipinski definition) is 2. The molecular formula is C20H19N9. The highest BCUT2D eigenvalue weighted by Crippen LogP contribution is 2.26. The van der Waals surface area contributed by atoms with Gasteiger partial charge in [0.15, 0.2) is 5.82 Å². The Hall–Kier alpha value is -3.93. The first kappa shape index (κ1) is 17.2. The lowest BCUT2D eigenvalue weighted by Gasteiger charge is -2.09. The van der Waals surface area contributed by atoms with Gasteiger partial charge >= 0.3 is 0 Å². The van der Waals surface area contributed by atoms with E-state index in [1.807, 2.05) is 35.3 Å². The average molecular weight is 385 g/mol. The Bertz CT molecular complexity index is 1260. The van der Waals surface area contributed by atoms with Crippen molar-refractivity contribution in [1.29, 1.82) is 5.26 Å². The molecule has 0 spiro atoms. The molecule has 144 valence electrons. The van der Waals surface area contributed by atoms with Crippen molar-refractivity contribution in [3.8, 4) is 6.07 Å². The van der Waals surface area contributed by atoms with E-state index in [1.165, 1.54) is 0 Å². The number of pyridine rings is 2. The second-order valence-electron chi connectivity index (χ2n) is 7.16. The monoisotopic (exact) mass is 385 g/mol. The molecule has 0 aromatic carbocycles. The van der Waals surface area contributed by atoms with Crippen LogP contribution in [-0.4, -0.2) is 29.3 Å². The quantitative estimate of drug-likeness (QED) is 0.555. The number of nitriles is 1. The highest BCUT2D eigenvalue weighted by molar-refractivity contribution is 5.92. The van der Waals surface area contributed by atoms with E-state index in [2.05, 4.69) is 36.0 Å². The zero-order valence-corrected chi connectivity index (χ0v) is 15.9. The number of nitrogens with one attached hydrogen (secondary N) is 1. The molecule has 1 aliphatic heterocycles. The van der Waals surface area contributed by atoms with Gasteiger partial charge in [0.1, 0.15) is 17.5 Å². The highest BCUT2D eigenvalue weighted by atomic mass is 15.3. The Morgan fingerprint density at radius 3 is 3.00 bits per heavy atom. The van der Waals surface area contributed by atoms with E-state index in [-0.39, 0.29) is 5.92 Å². The first-order valence-corrected chi connectivity index (χ1v) is 9.40. The Kier molecular flexibility index (Phi) is 3.91. The lowest BCUT2D eigenvalue weighted by atomic mass is 10.1. The fraction of sp³-hybridized carbons (Fsp3) is 0.250. The van der Waals surface area contributed by atoms with Crippen molar-refractivity contribution in [2.75, 3.05) is 11.1 Å². The third-order valence-electron chi connectivity index (χ3n) is 5.22. The van der Waals surface area contributed by atoms with Gasteiger partial charge in [0.2, 0.25) is 0 Å². The maximum atomic E-state index is 9.18. The van der Waals surface area contributed by atoms with Crippen molar-refractivity contribution in [3.05, 3.63) is 54.0 Å². The third-order valence-corrected chi connectivity index (χ3v) is 5.22. The average Bonchev–Trinajstić information content (AvgIpc) is 3.28. The van der Waals surface area contributed by atoms with E-state index in [9.17, 15) is 5.26 Å². The van der Waals surface area contributed by atoms with E-state index in [1.54, 1.807) is 13.1 Å². The minimum atomic E-state index is -0.331.